The Hall–Kier alpha value is -2.61. The molecule has 132 valence electrons. The Morgan fingerprint density at radius 1 is 0.778 bits per heavy atom. The molecule has 4 rings (SSSR count). The first-order valence-electron chi connectivity index (χ1n) is 8.80. The van der Waals surface area contributed by atoms with E-state index in [1.54, 1.807) is 11.3 Å². The summed E-state index contributed by atoms with van der Waals surface area (Å²) in [5, 5.41) is 5.51. The second-order valence-electron chi connectivity index (χ2n) is 6.00. The van der Waals surface area contributed by atoms with Crippen molar-refractivity contribution in [2.24, 2.45) is 4.99 Å². The lowest BCUT2D eigenvalue weighted by Crippen LogP contribution is -2.19. The summed E-state index contributed by atoms with van der Waals surface area (Å²) in [4.78, 5) is 9.29. The van der Waals surface area contributed by atoms with Crippen molar-refractivity contribution < 1.29 is 0 Å². The Kier molecular flexibility index (Phi) is 5.83. The van der Waals surface area contributed by atoms with E-state index in [-0.39, 0.29) is 0 Å². The van der Waals surface area contributed by atoms with Crippen molar-refractivity contribution >= 4 is 40.7 Å². The molecule has 0 aliphatic rings. The normalized spacial score (nSPS) is 11.7. The van der Waals surface area contributed by atoms with E-state index in [0.29, 0.717) is 0 Å². The van der Waals surface area contributed by atoms with Crippen LogP contribution in [0.4, 0.5) is 5.13 Å². The molecule has 0 N–H and O–H groups in total. The smallest absolute Gasteiger partial charge is 0.209 e. The molecule has 0 amide bonds. The van der Waals surface area contributed by atoms with Gasteiger partial charge in [-0.25, -0.2) is 9.98 Å². The van der Waals surface area contributed by atoms with Crippen molar-refractivity contribution in [1.29, 1.82) is 0 Å². The molecular weight excluding hydrogens is 367 g/mol. The minimum Gasteiger partial charge on any atom is -0.227 e. The van der Waals surface area contributed by atoms with Crippen LogP contribution in [-0.2, 0) is 0 Å². The maximum Gasteiger partial charge on any atom is 0.209 e. The van der Waals surface area contributed by atoms with E-state index in [9.17, 15) is 0 Å². The van der Waals surface area contributed by atoms with Crippen LogP contribution in [0.2, 0.25) is 0 Å². The van der Waals surface area contributed by atoms with Gasteiger partial charge in [-0.2, -0.15) is 0 Å². The minimum atomic E-state index is -0.550. The highest BCUT2D eigenvalue weighted by Gasteiger charge is 2.18. The first-order chi connectivity index (χ1) is 13.4. The van der Waals surface area contributed by atoms with Gasteiger partial charge in [-0.05, 0) is 24.1 Å². The number of rotatable bonds is 6. The molecule has 0 aliphatic carbocycles. The van der Waals surface area contributed by atoms with E-state index < -0.39 is 7.92 Å². The lowest BCUT2D eigenvalue weighted by Gasteiger charge is -2.20. The van der Waals surface area contributed by atoms with E-state index in [4.69, 9.17) is 4.99 Å². The Bertz CT molecular complexity index is 945. The zero-order chi connectivity index (χ0) is 18.3. The van der Waals surface area contributed by atoms with Crippen LogP contribution >= 0.6 is 19.3 Å². The maximum atomic E-state index is 4.92. The molecule has 0 unspecified atom stereocenters. The largest absolute Gasteiger partial charge is 0.227 e. The van der Waals surface area contributed by atoms with Gasteiger partial charge in [0.25, 0.3) is 0 Å². The molecule has 0 saturated carbocycles. The Morgan fingerprint density at radius 3 is 1.85 bits per heavy atom. The topological polar surface area (TPSA) is 25.2 Å². The van der Waals surface area contributed by atoms with Crippen molar-refractivity contribution in [3.8, 4) is 0 Å². The summed E-state index contributed by atoms with van der Waals surface area (Å²) in [5.41, 5.74) is 2.25. The highest BCUT2D eigenvalue weighted by Crippen LogP contribution is 2.35. The van der Waals surface area contributed by atoms with Gasteiger partial charge in [-0.3, -0.25) is 0 Å². The molecule has 4 aromatic rings. The first kappa shape index (κ1) is 17.8. The molecule has 4 heteroatoms. The molecule has 0 aliphatic heterocycles. The van der Waals surface area contributed by atoms with Crippen LogP contribution in [0.15, 0.2) is 108 Å². The summed E-state index contributed by atoms with van der Waals surface area (Å²) < 4.78 is 0. The standard InChI is InChI=1S/C23H19N2PS/c1-4-10-19(11-5-1)22(25-23-24-16-17-27-23)18-26(20-12-6-2-7-13-20)21-14-8-3-9-15-21/h1-17H,18H2/b25-22-. The SMILES string of the molecule is c1ccc(/C(CP(c2ccccc2)c2ccccc2)=N\c2nccs2)cc1. The Balaban J connectivity index is 1.77. The quantitative estimate of drug-likeness (QED) is 0.322. The third kappa shape index (κ3) is 4.57. The number of aliphatic imine (C=N–C) groups is 1. The van der Waals surface area contributed by atoms with Crippen molar-refractivity contribution in [2.75, 3.05) is 6.16 Å². The van der Waals surface area contributed by atoms with E-state index in [0.717, 1.165) is 22.6 Å². The lowest BCUT2D eigenvalue weighted by molar-refractivity contribution is 1.35. The van der Waals surface area contributed by atoms with Crippen molar-refractivity contribution in [2.45, 2.75) is 0 Å². The van der Waals surface area contributed by atoms with Crippen LogP contribution in [0.25, 0.3) is 0 Å². The van der Waals surface area contributed by atoms with Gasteiger partial charge in [0.05, 0.1) is 5.71 Å². The molecule has 1 heterocycles. The molecule has 0 saturated heterocycles. The van der Waals surface area contributed by atoms with E-state index >= 15 is 0 Å². The van der Waals surface area contributed by atoms with Crippen LogP contribution < -0.4 is 10.6 Å². The summed E-state index contributed by atoms with van der Waals surface area (Å²) >= 11 is 1.57. The number of nitrogens with zero attached hydrogens (tertiary/aromatic N) is 2. The van der Waals surface area contributed by atoms with Crippen molar-refractivity contribution in [3.05, 3.63) is 108 Å². The summed E-state index contributed by atoms with van der Waals surface area (Å²) in [6, 6.07) is 32.0. The Labute approximate surface area is 165 Å². The number of hydrogen-bond donors (Lipinski definition) is 0. The number of aromatic nitrogens is 1. The second kappa shape index (κ2) is 8.85. The average molecular weight is 386 g/mol. The third-order valence-corrected chi connectivity index (χ3v) is 7.32. The fraction of sp³-hybridized carbons (Fsp3) is 0.0435. The first-order valence-corrected chi connectivity index (χ1v) is 11.2. The zero-order valence-electron chi connectivity index (χ0n) is 14.8. The van der Waals surface area contributed by atoms with Crippen LogP contribution in [0.1, 0.15) is 5.56 Å². The molecule has 2 nitrogen and oxygen atoms in total. The average Bonchev–Trinajstić information content (AvgIpc) is 3.26. The van der Waals surface area contributed by atoms with Gasteiger partial charge in [0.15, 0.2) is 0 Å². The third-order valence-electron chi connectivity index (χ3n) is 4.20. The molecule has 0 fully saturated rings. The maximum absolute atomic E-state index is 4.92. The highest BCUT2D eigenvalue weighted by atomic mass is 32.1. The molecule has 0 bridgehead atoms. The minimum absolute atomic E-state index is 0.550. The molecule has 0 radical (unpaired) electrons. The van der Waals surface area contributed by atoms with Gasteiger partial charge in [0.1, 0.15) is 0 Å². The van der Waals surface area contributed by atoms with Crippen molar-refractivity contribution in [3.63, 3.8) is 0 Å². The van der Waals surface area contributed by atoms with Crippen molar-refractivity contribution in [1.82, 2.24) is 4.98 Å². The molecule has 3 aromatic carbocycles. The zero-order valence-corrected chi connectivity index (χ0v) is 16.5. The lowest BCUT2D eigenvalue weighted by atomic mass is 10.1. The van der Waals surface area contributed by atoms with E-state index in [2.05, 4.69) is 89.9 Å². The van der Waals surface area contributed by atoms with Crippen LogP contribution in [0, 0.1) is 0 Å². The molecular formula is C23H19N2PS. The molecule has 1 aromatic heterocycles. The van der Waals surface area contributed by atoms with Crippen LogP contribution in [0.3, 0.4) is 0 Å². The van der Waals surface area contributed by atoms with Gasteiger partial charge in [0, 0.05) is 17.7 Å². The van der Waals surface area contributed by atoms with Gasteiger partial charge in [-0.15, -0.1) is 11.3 Å². The van der Waals surface area contributed by atoms with Gasteiger partial charge < -0.3 is 0 Å². The van der Waals surface area contributed by atoms with Crippen LogP contribution in [-0.4, -0.2) is 16.9 Å². The summed E-state index contributed by atoms with van der Waals surface area (Å²) in [7, 11) is -0.550. The van der Waals surface area contributed by atoms with E-state index in [1.807, 2.05) is 17.6 Å². The highest BCUT2D eigenvalue weighted by molar-refractivity contribution is 7.73. The molecule has 27 heavy (non-hydrogen) atoms. The van der Waals surface area contributed by atoms with Gasteiger partial charge in [-0.1, -0.05) is 91.0 Å². The number of benzene rings is 3. The summed E-state index contributed by atoms with van der Waals surface area (Å²) in [6.07, 6.45) is 2.69. The monoisotopic (exact) mass is 386 g/mol. The number of thiazole rings is 1. The van der Waals surface area contributed by atoms with Gasteiger partial charge >= 0.3 is 0 Å². The van der Waals surface area contributed by atoms with Gasteiger partial charge in [0.2, 0.25) is 5.13 Å². The predicted molar refractivity (Wildman–Crippen MR) is 119 cm³/mol. The fourth-order valence-electron chi connectivity index (χ4n) is 2.91. The Morgan fingerprint density at radius 2 is 1.33 bits per heavy atom. The molecule has 0 spiro atoms. The number of hydrogen-bond acceptors (Lipinski definition) is 3. The predicted octanol–water partition coefficient (Wildman–Crippen LogP) is 5.40. The van der Waals surface area contributed by atoms with Crippen LogP contribution in [0.5, 0.6) is 0 Å². The molecule has 0 atom stereocenters. The summed E-state index contributed by atoms with van der Waals surface area (Å²) in [6.45, 7) is 0. The second-order valence-corrected chi connectivity index (χ2v) is 9.07. The van der Waals surface area contributed by atoms with E-state index in [1.165, 1.54) is 10.6 Å². The summed E-state index contributed by atoms with van der Waals surface area (Å²) in [5.74, 6) is 0. The fourth-order valence-corrected chi connectivity index (χ4v) is 5.71.